The zero-order chi connectivity index (χ0) is 28.2. The van der Waals surface area contributed by atoms with Crippen molar-refractivity contribution in [2.24, 2.45) is 5.92 Å². The average molecular weight is 525 g/mol. The van der Waals surface area contributed by atoms with E-state index in [-0.39, 0.29) is 5.56 Å². The third-order valence-electron chi connectivity index (χ3n) is 7.70. The molecule has 1 fully saturated rings. The van der Waals surface area contributed by atoms with Crippen molar-refractivity contribution in [2.75, 3.05) is 5.73 Å². The molecule has 3 heteroatoms. The lowest BCUT2D eigenvalue weighted by atomic mass is 9.87. The van der Waals surface area contributed by atoms with Gasteiger partial charge in [0.05, 0.1) is 5.56 Å². The van der Waals surface area contributed by atoms with Crippen molar-refractivity contribution in [3.63, 3.8) is 0 Å². The Morgan fingerprint density at radius 1 is 0.872 bits per heavy atom. The van der Waals surface area contributed by atoms with Crippen molar-refractivity contribution in [3.8, 4) is 6.07 Å². The first-order valence-corrected chi connectivity index (χ1v) is 14.8. The summed E-state index contributed by atoms with van der Waals surface area (Å²) in [5.41, 5.74) is 14.6. The number of nitrogen functional groups attached to an aromatic ring is 1. The number of rotatable bonds is 4. The number of benzene rings is 3. The van der Waals surface area contributed by atoms with Crippen LogP contribution < -0.4 is 5.73 Å². The van der Waals surface area contributed by atoms with Crippen LogP contribution in [-0.4, -0.2) is 0 Å². The molecule has 5 rings (SSSR count). The van der Waals surface area contributed by atoms with Crippen molar-refractivity contribution in [3.05, 3.63) is 99.9 Å². The van der Waals surface area contributed by atoms with Gasteiger partial charge in [-0.3, -0.25) is 0 Å². The highest BCUT2D eigenvalue weighted by Gasteiger charge is 2.21. The number of nitrogens with zero attached hydrogens (tertiary/aromatic N) is 1. The van der Waals surface area contributed by atoms with E-state index in [4.69, 9.17) is 11.0 Å². The second-order valence-electron chi connectivity index (χ2n) is 11.0. The molecule has 0 saturated heterocycles. The second kappa shape index (κ2) is 15.3. The van der Waals surface area contributed by atoms with Crippen LogP contribution >= 0.6 is 0 Å². The Kier molecular flexibility index (Phi) is 11.8. The number of nitrogens with two attached hydrogens (primary N) is 1. The quantitative estimate of drug-likeness (QED) is 0.345. The minimum absolute atomic E-state index is 0.0723. The van der Waals surface area contributed by atoms with Gasteiger partial charge in [-0.1, -0.05) is 108 Å². The number of nitriles is 1. The van der Waals surface area contributed by atoms with Gasteiger partial charge in [0.2, 0.25) is 0 Å². The summed E-state index contributed by atoms with van der Waals surface area (Å²) in [5.74, 6) is 0.572. The normalized spacial score (nSPS) is 14.8. The number of fused-ring (bicyclic) bond motifs is 1. The molecule has 2 N–H and O–H groups in total. The summed E-state index contributed by atoms with van der Waals surface area (Å²) in [6.45, 7) is 8.83. The van der Waals surface area contributed by atoms with Crippen LogP contribution in [0.1, 0.15) is 112 Å². The lowest BCUT2D eigenvalue weighted by Crippen LogP contribution is -1.98. The fraction of sp³-hybridized carbons (Fsp3) is 0.417. The van der Waals surface area contributed by atoms with Crippen LogP contribution in [0.4, 0.5) is 10.1 Å². The summed E-state index contributed by atoms with van der Waals surface area (Å²) < 4.78 is 14.4. The summed E-state index contributed by atoms with van der Waals surface area (Å²) in [4.78, 5) is 0. The number of aryl methyl sites for hydroxylation is 2. The number of hydrogen-bond donors (Lipinski definition) is 1. The molecule has 0 bridgehead atoms. The topological polar surface area (TPSA) is 49.8 Å². The molecule has 3 aromatic rings. The van der Waals surface area contributed by atoms with Crippen LogP contribution in [0.15, 0.2) is 60.7 Å². The SMILES string of the molecule is CC1CCCC1.CCCCC.Cc1ccc(C2=C(c3ccc(C#N)c(F)c3)CCCc3cc(N)ccc32)cc1. The number of hydrogen-bond acceptors (Lipinski definition) is 2. The first-order valence-electron chi connectivity index (χ1n) is 14.8. The van der Waals surface area contributed by atoms with Crippen LogP contribution in [-0.2, 0) is 6.42 Å². The molecular formula is C36H45FN2. The molecule has 0 aromatic heterocycles. The summed E-state index contributed by atoms with van der Waals surface area (Å²) in [7, 11) is 0. The Labute approximate surface area is 235 Å². The monoisotopic (exact) mass is 524 g/mol. The van der Waals surface area contributed by atoms with E-state index < -0.39 is 5.82 Å². The maximum atomic E-state index is 14.4. The minimum Gasteiger partial charge on any atom is -0.399 e. The molecule has 2 aliphatic rings. The van der Waals surface area contributed by atoms with E-state index in [0.29, 0.717) is 0 Å². The maximum Gasteiger partial charge on any atom is 0.141 e. The summed E-state index contributed by atoms with van der Waals surface area (Å²) in [6, 6.07) is 21.3. The first kappa shape index (κ1) is 30.2. The third-order valence-corrected chi connectivity index (χ3v) is 7.70. The van der Waals surface area contributed by atoms with Crippen molar-refractivity contribution < 1.29 is 4.39 Å². The molecule has 39 heavy (non-hydrogen) atoms. The van der Waals surface area contributed by atoms with Crippen molar-refractivity contribution in [2.45, 2.75) is 91.9 Å². The predicted molar refractivity (Wildman–Crippen MR) is 165 cm³/mol. The highest BCUT2D eigenvalue weighted by molar-refractivity contribution is 6.00. The number of anilines is 1. The van der Waals surface area contributed by atoms with Gasteiger partial charge in [0.1, 0.15) is 11.9 Å². The molecule has 206 valence electrons. The highest BCUT2D eigenvalue weighted by Crippen LogP contribution is 2.40. The van der Waals surface area contributed by atoms with Crippen molar-refractivity contribution in [1.29, 1.82) is 5.26 Å². The summed E-state index contributed by atoms with van der Waals surface area (Å²) in [5, 5.41) is 9.06. The molecule has 3 aromatic carbocycles. The lowest BCUT2D eigenvalue weighted by Gasteiger charge is -2.17. The van der Waals surface area contributed by atoms with Gasteiger partial charge in [0, 0.05) is 5.69 Å². The van der Waals surface area contributed by atoms with Crippen LogP contribution in [0.2, 0.25) is 0 Å². The van der Waals surface area contributed by atoms with E-state index in [9.17, 15) is 4.39 Å². The van der Waals surface area contributed by atoms with E-state index in [0.717, 1.165) is 58.7 Å². The zero-order valence-electron chi connectivity index (χ0n) is 24.3. The first-order chi connectivity index (χ1) is 18.9. The molecule has 0 amide bonds. The molecule has 0 heterocycles. The number of allylic oxidation sites excluding steroid dienone is 1. The van der Waals surface area contributed by atoms with Gasteiger partial charge in [-0.2, -0.15) is 5.26 Å². The van der Waals surface area contributed by atoms with Gasteiger partial charge in [0.25, 0.3) is 0 Å². The summed E-state index contributed by atoms with van der Waals surface area (Å²) in [6.07, 6.45) is 12.7. The Morgan fingerprint density at radius 3 is 2.08 bits per heavy atom. The van der Waals surface area contributed by atoms with E-state index in [1.54, 1.807) is 6.07 Å². The van der Waals surface area contributed by atoms with E-state index >= 15 is 0 Å². The Bertz CT molecular complexity index is 1270. The van der Waals surface area contributed by atoms with E-state index in [1.807, 2.05) is 24.3 Å². The molecule has 0 radical (unpaired) electrons. The Morgan fingerprint density at radius 2 is 1.54 bits per heavy atom. The number of unbranched alkanes of at least 4 members (excludes halogenated alkanes) is 2. The van der Waals surface area contributed by atoms with Crippen molar-refractivity contribution >= 4 is 16.8 Å². The zero-order valence-corrected chi connectivity index (χ0v) is 24.3. The van der Waals surface area contributed by atoms with Gasteiger partial charge < -0.3 is 5.73 Å². The molecule has 0 atom stereocenters. The van der Waals surface area contributed by atoms with Gasteiger partial charge in [-0.25, -0.2) is 4.39 Å². The fourth-order valence-electron chi connectivity index (χ4n) is 5.42. The molecule has 0 unspecified atom stereocenters. The largest absolute Gasteiger partial charge is 0.399 e. The minimum atomic E-state index is -0.475. The van der Waals surface area contributed by atoms with Gasteiger partial charge >= 0.3 is 0 Å². The lowest BCUT2D eigenvalue weighted by molar-refractivity contribution is 0.612. The molecule has 2 aliphatic carbocycles. The van der Waals surface area contributed by atoms with Gasteiger partial charge in [0.15, 0.2) is 0 Å². The van der Waals surface area contributed by atoms with Crippen molar-refractivity contribution in [1.82, 2.24) is 0 Å². The smallest absolute Gasteiger partial charge is 0.141 e. The molecule has 0 spiro atoms. The third kappa shape index (κ3) is 8.56. The predicted octanol–water partition coefficient (Wildman–Crippen LogP) is 10.3. The van der Waals surface area contributed by atoms with Crippen LogP contribution in [0.3, 0.4) is 0 Å². The van der Waals surface area contributed by atoms with E-state index in [2.05, 4.69) is 58.0 Å². The average Bonchev–Trinajstić information content (AvgIpc) is 3.33. The van der Waals surface area contributed by atoms with Gasteiger partial charge in [-0.05, 0) is 89.8 Å². The number of halogens is 1. The van der Waals surface area contributed by atoms with Crippen LogP contribution in [0.5, 0.6) is 0 Å². The highest BCUT2D eigenvalue weighted by atomic mass is 19.1. The molecule has 0 aliphatic heterocycles. The molecule has 1 saturated carbocycles. The summed E-state index contributed by atoms with van der Waals surface area (Å²) >= 11 is 0. The fourth-order valence-corrected chi connectivity index (χ4v) is 5.42. The van der Waals surface area contributed by atoms with Crippen LogP contribution in [0, 0.1) is 30.0 Å². The van der Waals surface area contributed by atoms with Crippen LogP contribution in [0.25, 0.3) is 11.1 Å². The Hall–Kier alpha value is -3.38. The van der Waals surface area contributed by atoms with E-state index in [1.165, 1.54) is 62.1 Å². The standard InChI is InChI=1S/C25H21FN2.C6H12.C5H12/c1-16-5-7-17(8-6-16)25-22(19-9-10-20(15-27)24(26)14-19)4-2-3-18-13-21(28)11-12-23(18)25;1-6-4-2-3-5-6;1-3-5-4-2/h5-14H,2-4,28H2,1H3;6H,2-5H2,1H3;3-5H2,1-2H3. The maximum absolute atomic E-state index is 14.4. The second-order valence-corrected chi connectivity index (χ2v) is 11.0. The van der Waals surface area contributed by atoms with Gasteiger partial charge in [-0.15, -0.1) is 0 Å². The Balaban J connectivity index is 0.000000320. The molecular weight excluding hydrogens is 479 g/mol. The molecule has 2 nitrogen and oxygen atoms in total.